The van der Waals surface area contributed by atoms with Gasteiger partial charge in [0.15, 0.2) is 0 Å². The lowest BCUT2D eigenvalue weighted by Crippen LogP contribution is -2.52. The summed E-state index contributed by atoms with van der Waals surface area (Å²) >= 11 is 0. The van der Waals surface area contributed by atoms with E-state index in [4.69, 9.17) is 4.74 Å². The van der Waals surface area contributed by atoms with Gasteiger partial charge in [-0.25, -0.2) is 0 Å². The molecular weight excluding hydrogens is 318 g/mol. The van der Waals surface area contributed by atoms with E-state index in [0.717, 1.165) is 5.56 Å². The van der Waals surface area contributed by atoms with Gasteiger partial charge in [0.1, 0.15) is 0 Å². The van der Waals surface area contributed by atoms with Crippen molar-refractivity contribution in [3.8, 4) is 0 Å². The molecule has 0 bridgehead atoms. The molecule has 1 N–H and O–H groups in total. The average Bonchev–Trinajstić information content (AvgIpc) is 3.46. The lowest BCUT2D eigenvalue weighted by atomic mass is 10.1. The van der Waals surface area contributed by atoms with Crippen LogP contribution in [0.1, 0.15) is 28.8 Å². The number of hydrogen-bond donors (Lipinski definition) is 1. The summed E-state index contributed by atoms with van der Waals surface area (Å²) in [5, 5.41) is 2.61. The first-order chi connectivity index (χ1) is 12.1. The Hall–Kier alpha value is -1.92. The summed E-state index contributed by atoms with van der Waals surface area (Å²) in [6.45, 7) is 3.11. The molecule has 0 spiro atoms. The minimum absolute atomic E-state index is 0.0893. The highest BCUT2D eigenvalue weighted by molar-refractivity contribution is 5.93. The van der Waals surface area contributed by atoms with Crippen molar-refractivity contribution in [3.63, 3.8) is 0 Å². The highest BCUT2D eigenvalue weighted by atomic mass is 16.5. The maximum Gasteiger partial charge on any atom is 0.251 e. The molecule has 25 heavy (non-hydrogen) atoms. The van der Waals surface area contributed by atoms with Crippen LogP contribution in [0.3, 0.4) is 0 Å². The van der Waals surface area contributed by atoms with Crippen LogP contribution in [0.4, 0.5) is 0 Å². The second-order valence-electron chi connectivity index (χ2n) is 7.02. The topological polar surface area (TPSA) is 61.9 Å². The van der Waals surface area contributed by atoms with Gasteiger partial charge in [-0.15, -0.1) is 0 Å². The van der Waals surface area contributed by atoms with E-state index in [9.17, 15) is 9.59 Å². The number of rotatable bonds is 6. The molecule has 1 saturated carbocycles. The van der Waals surface area contributed by atoms with Gasteiger partial charge in [-0.1, -0.05) is 12.1 Å². The van der Waals surface area contributed by atoms with E-state index in [1.54, 1.807) is 7.05 Å². The molecule has 1 saturated heterocycles. The lowest BCUT2D eigenvalue weighted by Gasteiger charge is -2.36. The predicted octanol–water partition coefficient (Wildman–Crippen LogP) is 1.12. The van der Waals surface area contributed by atoms with Crippen LogP contribution in [-0.4, -0.2) is 68.1 Å². The maximum atomic E-state index is 12.7. The molecular formula is C19H27N3O3. The Kier molecular flexibility index (Phi) is 5.71. The van der Waals surface area contributed by atoms with Crippen molar-refractivity contribution in [3.05, 3.63) is 35.4 Å². The summed E-state index contributed by atoms with van der Waals surface area (Å²) < 4.78 is 5.56. The minimum atomic E-state index is -0.0893. The Labute approximate surface area is 149 Å². The SMILES string of the molecule is CNC(=O)c1ccc(CN(C)CC(=O)N2CCOCC2C2CC2)cc1. The number of nitrogens with zero attached hydrogens (tertiary/aromatic N) is 2. The lowest BCUT2D eigenvalue weighted by molar-refractivity contribution is -0.141. The van der Waals surface area contributed by atoms with Gasteiger partial charge in [0, 0.05) is 25.7 Å². The number of hydrogen-bond acceptors (Lipinski definition) is 4. The molecule has 2 amide bonds. The van der Waals surface area contributed by atoms with Crippen LogP contribution in [0.15, 0.2) is 24.3 Å². The average molecular weight is 345 g/mol. The Morgan fingerprint density at radius 3 is 2.64 bits per heavy atom. The third kappa shape index (κ3) is 4.58. The van der Waals surface area contributed by atoms with E-state index in [2.05, 4.69) is 5.32 Å². The highest BCUT2D eigenvalue weighted by Gasteiger charge is 2.39. The number of likely N-dealkylation sites (N-methyl/N-ethyl adjacent to an activating group) is 1. The van der Waals surface area contributed by atoms with Crippen molar-refractivity contribution in [2.75, 3.05) is 40.4 Å². The van der Waals surface area contributed by atoms with Gasteiger partial charge in [0.25, 0.3) is 5.91 Å². The van der Waals surface area contributed by atoms with Crippen LogP contribution in [0.5, 0.6) is 0 Å². The van der Waals surface area contributed by atoms with Crippen LogP contribution in [0.2, 0.25) is 0 Å². The number of carbonyl (C=O) groups excluding carboxylic acids is 2. The van der Waals surface area contributed by atoms with E-state index in [1.165, 1.54) is 12.8 Å². The fraction of sp³-hybridized carbons (Fsp3) is 0.579. The molecule has 0 radical (unpaired) electrons. The van der Waals surface area contributed by atoms with E-state index in [1.807, 2.05) is 41.1 Å². The summed E-state index contributed by atoms with van der Waals surface area (Å²) in [4.78, 5) is 28.3. The van der Waals surface area contributed by atoms with E-state index in [-0.39, 0.29) is 17.9 Å². The fourth-order valence-electron chi connectivity index (χ4n) is 3.40. The normalized spacial score (nSPS) is 20.6. The maximum absolute atomic E-state index is 12.7. The summed E-state index contributed by atoms with van der Waals surface area (Å²) in [6.07, 6.45) is 2.43. The minimum Gasteiger partial charge on any atom is -0.377 e. The summed E-state index contributed by atoms with van der Waals surface area (Å²) in [5.74, 6) is 0.727. The van der Waals surface area contributed by atoms with E-state index < -0.39 is 0 Å². The molecule has 6 heteroatoms. The molecule has 0 aromatic heterocycles. The first kappa shape index (κ1) is 17.9. The molecule has 1 aliphatic heterocycles. The Bertz CT molecular complexity index is 613. The second kappa shape index (κ2) is 7.97. The number of benzene rings is 1. The third-order valence-electron chi connectivity index (χ3n) is 4.95. The van der Waals surface area contributed by atoms with E-state index >= 15 is 0 Å². The van der Waals surface area contributed by atoms with Gasteiger partial charge in [-0.3, -0.25) is 14.5 Å². The molecule has 2 aliphatic rings. The molecule has 1 aromatic carbocycles. The standard InChI is InChI=1S/C19H27N3O3/c1-20-19(24)16-5-3-14(4-6-16)11-21(2)12-18(23)22-9-10-25-13-17(22)15-7-8-15/h3-6,15,17H,7-13H2,1-2H3,(H,20,24). The number of carbonyl (C=O) groups is 2. The van der Waals surface area contributed by atoms with Crippen LogP contribution in [-0.2, 0) is 16.1 Å². The smallest absolute Gasteiger partial charge is 0.251 e. The van der Waals surface area contributed by atoms with Gasteiger partial charge >= 0.3 is 0 Å². The van der Waals surface area contributed by atoms with Crippen LogP contribution in [0, 0.1) is 5.92 Å². The number of morpholine rings is 1. The Morgan fingerprint density at radius 1 is 1.28 bits per heavy atom. The zero-order valence-corrected chi connectivity index (χ0v) is 15.0. The van der Waals surface area contributed by atoms with Crippen molar-refractivity contribution in [2.45, 2.75) is 25.4 Å². The molecule has 136 valence electrons. The van der Waals surface area contributed by atoms with Crippen molar-refractivity contribution < 1.29 is 14.3 Å². The monoisotopic (exact) mass is 345 g/mol. The van der Waals surface area contributed by atoms with Crippen molar-refractivity contribution in [1.82, 2.24) is 15.1 Å². The molecule has 1 atom stereocenters. The van der Waals surface area contributed by atoms with Crippen LogP contribution < -0.4 is 5.32 Å². The quantitative estimate of drug-likeness (QED) is 0.839. The summed E-state index contributed by atoms with van der Waals surface area (Å²) in [6, 6.07) is 7.77. The largest absolute Gasteiger partial charge is 0.377 e. The van der Waals surface area contributed by atoms with E-state index in [0.29, 0.717) is 44.3 Å². The van der Waals surface area contributed by atoms with Gasteiger partial charge in [-0.05, 0) is 43.5 Å². The first-order valence-corrected chi connectivity index (χ1v) is 8.95. The third-order valence-corrected chi connectivity index (χ3v) is 4.95. The first-order valence-electron chi connectivity index (χ1n) is 8.95. The molecule has 1 heterocycles. The van der Waals surface area contributed by atoms with Crippen LogP contribution in [0.25, 0.3) is 0 Å². The number of amides is 2. The van der Waals surface area contributed by atoms with Gasteiger partial charge in [0.05, 0.1) is 25.8 Å². The van der Waals surface area contributed by atoms with Gasteiger partial charge < -0.3 is 15.0 Å². The molecule has 3 rings (SSSR count). The van der Waals surface area contributed by atoms with Gasteiger partial charge in [-0.2, -0.15) is 0 Å². The Morgan fingerprint density at radius 2 is 2.00 bits per heavy atom. The summed E-state index contributed by atoms with van der Waals surface area (Å²) in [5.41, 5.74) is 1.73. The zero-order chi connectivity index (χ0) is 17.8. The molecule has 1 unspecified atom stereocenters. The fourth-order valence-corrected chi connectivity index (χ4v) is 3.40. The second-order valence-corrected chi connectivity index (χ2v) is 7.02. The zero-order valence-electron chi connectivity index (χ0n) is 15.0. The number of ether oxygens (including phenoxy) is 1. The predicted molar refractivity (Wildman–Crippen MR) is 95.2 cm³/mol. The van der Waals surface area contributed by atoms with Crippen molar-refractivity contribution in [2.24, 2.45) is 5.92 Å². The molecule has 2 fully saturated rings. The Balaban J connectivity index is 1.53. The van der Waals surface area contributed by atoms with Crippen LogP contribution >= 0.6 is 0 Å². The highest BCUT2D eigenvalue weighted by Crippen LogP contribution is 2.36. The molecule has 1 aliphatic carbocycles. The van der Waals surface area contributed by atoms with Gasteiger partial charge in [0.2, 0.25) is 5.91 Å². The summed E-state index contributed by atoms with van der Waals surface area (Å²) in [7, 11) is 3.58. The molecule has 1 aromatic rings. The van der Waals surface area contributed by atoms with Crippen molar-refractivity contribution in [1.29, 1.82) is 0 Å². The van der Waals surface area contributed by atoms with Crippen molar-refractivity contribution >= 4 is 11.8 Å². The molecule has 6 nitrogen and oxygen atoms in total. The number of nitrogens with one attached hydrogen (secondary N) is 1.